The number of amides is 2. The van der Waals surface area contributed by atoms with Gasteiger partial charge < -0.3 is 14.5 Å². The first-order valence-electron chi connectivity index (χ1n) is 9.72. The van der Waals surface area contributed by atoms with Crippen LogP contribution in [0.15, 0.2) is 36.4 Å². The number of nitrogens with zero attached hydrogens (tertiary/aromatic N) is 2. The lowest BCUT2D eigenvalue weighted by Gasteiger charge is -2.36. The Morgan fingerprint density at radius 1 is 0.966 bits per heavy atom. The quantitative estimate of drug-likeness (QED) is 0.758. The van der Waals surface area contributed by atoms with Crippen molar-refractivity contribution in [2.75, 3.05) is 44.8 Å². The third-order valence-corrected chi connectivity index (χ3v) is 7.52. The number of ether oxygens (including phenoxy) is 1. The van der Waals surface area contributed by atoms with Crippen LogP contribution >= 0.6 is 0 Å². The van der Waals surface area contributed by atoms with Crippen LogP contribution in [0.3, 0.4) is 0 Å². The fourth-order valence-corrected chi connectivity index (χ4v) is 5.78. The monoisotopic (exact) mass is 416 g/mol. The number of carbonyl (C=O) groups is 2. The first kappa shape index (κ1) is 19.7. The summed E-state index contributed by atoms with van der Waals surface area (Å²) in [5.74, 6) is 0.228. The standard InChI is InChI=1S/C21H24N2O5S/c1-28-19-5-4-15-12-17(3-2-16(15)13-19)20(24)22-7-9-23(10-8-22)21(25)18-6-11-29(26,27)14-18/h2-5,12-13,18H,6-11,14H2,1H3/t18-/m1/s1. The Morgan fingerprint density at radius 2 is 1.62 bits per heavy atom. The number of hydrogen-bond acceptors (Lipinski definition) is 5. The van der Waals surface area contributed by atoms with Crippen LogP contribution < -0.4 is 4.74 Å². The maximum absolute atomic E-state index is 12.9. The fourth-order valence-electron chi connectivity index (χ4n) is 4.04. The lowest BCUT2D eigenvalue weighted by molar-refractivity contribution is -0.136. The molecule has 2 heterocycles. The average molecular weight is 416 g/mol. The second-order valence-electron chi connectivity index (χ2n) is 7.65. The number of sulfone groups is 1. The normalized spacial score (nSPS) is 21.3. The molecule has 0 bridgehead atoms. The van der Waals surface area contributed by atoms with Gasteiger partial charge in [0.25, 0.3) is 5.91 Å². The van der Waals surface area contributed by atoms with Gasteiger partial charge in [-0.2, -0.15) is 0 Å². The third kappa shape index (κ3) is 4.07. The molecule has 0 saturated carbocycles. The molecule has 2 aliphatic heterocycles. The molecule has 2 aliphatic rings. The summed E-state index contributed by atoms with van der Waals surface area (Å²) in [5, 5.41) is 1.97. The largest absolute Gasteiger partial charge is 0.497 e. The molecular weight excluding hydrogens is 392 g/mol. The first-order valence-corrected chi connectivity index (χ1v) is 11.5. The van der Waals surface area contributed by atoms with Crippen LogP contribution in [0.5, 0.6) is 5.75 Å². The summed E-state index contributed by atoms with van der Waals surface area (Å²) in [6.07, 6.45) is 0.405. The van der Waals surface area contributed by atoms with E-state index in [1.165, 1.54) is 0 Å². The van der Waals surface area contributed by atoms with E-state index in [1.807, 2.05) is 36.4 Å². The molecule has 0 unspecified atom stereocenters. The summed E-state index contributed by atoms with van der Waals surface area (Å²) in [6.45, 7) is 1.77. The van der Waals surface area contributed by atoms with Crippen molar-refractivity contribution < 1.29 is 22.7 Å². The maximum atomic E-state index is 12.9. The number of hydrogen-bond donors (Lipinski definition) is 0. The van der Waals surface area contributed by atoms with E-state index in [9.17, 15) is 18.0 Å². The van der Waals surface area contributed by atoms with Crippen LogP contribution in [-0.2, 0) is 14.6 Å². The molecule has 7 nitrogen and oxygen atoms in total. The Bertz CT molecular complexity index is 1060. The molecule has 0 radical (unpaired) electrons. The van der Waals surface area contributed by atoms with Crippen molar-refractivity contribution in [3.63, 3.8) is 0 Å². The Kier molecular flexibility index (Phi) is 5.21. The van der Waals surface area contributed by atoms with E-state index in [0.717, 1.165) is 16.5 Å². The van der Waals surface area contributed by atoms with Gasteiger partial charge in [-0.25, -0.2) is 8.42 Å². The molecule has 2 saturated heterocycles. The zero-order chi connectivity index (χ0) is 20.6. The minimum atomic E-state index is -3.08. The topological polar surface area (TPSA) is 84.0 Å². The van der Waals surface area contributed by atoms with Gasteiger partial charge >= 0.3 is 0 Å². The summed E-state index contributed by atoms with van der Waals surface area (Å²) in [6, 6.07) is 11.3. The molecule has 8 heteroatoms. The molecule has 0 aromatic heterocycles. The SMILES string of the molecule is COc1ccc2cc(C(=O)N3CCN(C(=O)[C@@H]4CCS(=O)(=O)C4)CC3)ccc2c1. The van der Waals surface area contributed by atoms with Crippen molar-refractivity contribution >= 4 is 32.4 Å². The number of methoxy groups -OCH3 is 1. The van der Waals surface area contributed by atoms with Crippen molar-refractivity contribution in [3.05, 3.63) is 42.0 Å². The van der Waals surface area contributed by atoms with E-state index in [4.69, 9.17) is 4.74 Å². The van der Waals surface area contributed by atoms with Gasteiger partial charge in [0, 0.05) is 31.7 Å². The predicted molar refractivity (Wildman–Crippen MR) is 110 cm³/mol. The molecule has 4 rings (SSSR count). The smallest absolute Gasteiger partial charge is 0.253 e. The molecular formula is C21H24N2O5S. The Hall–Kier alpha value is -2.61. The highest BCUT2D eigenvalue weighted by molar-refractivity contribution is 7.91. The van der Waals surface area contributed by atoms with E-state index in [1.54, 1.807) is 16.9 Å². The lowest BCUT2D eigenvalue weighted by atomic mass is 10.0. The van der Waals surface area contributed by atoms with Crippen molar-refractivity contribution in [1.29, 1.82) is 0 Å². The molecule has 2 amide bonds. The highest BCUT2D eigenvalue weighted by Crippen LogP contribution is 2.24. The number of rotatable bonds is 3. The van der Waals surface area contributed by atoms with Crippen LogP contribution in [0.2, 0.25) is 0 Å². The molecule has 154 valence electrons. The summed E-state index contributed by atoms with van der Waals surface area (Å²) < 4.78 is 28.5. The van der Waals surface area contributed by atoms with Crippen molar-refractivity contribution in [2.45, 2.75) is 6.42 Å². The molecule has 1 atom stereocenters. The fraction of sp³-hybridized carbons (Fsp3) is 0.429. The Morgan fingerprint density at radius 3 is 2.28 bits per heavy atom. The van der Waals surface area contributed by atoms with Gasteiger partial charge in [0.1, 0.15) is 5.75 Å². The highest BCUT2D eigenvalue weighted by atomic mass is 32.2. The van der Waals surface area contributed by atoms with E-state index in [2.05, 4.69) is 0 Å². The molecule has 2 aromatic carbocycles. The van der Waals surface area contributed by atoms with Crippen molar-refractivity contribution in [3.8, 4) is 5.75 Å². The van der Waals surface area contributed by atoms with Gasteiger partial charge in [-0.1, -0.05) is 12.1 Å². The second-order valence-corrected chi connectivity index (χ2v) is 9.87. The molecule has 2 aromatic rings. The summed E-state index contributed by atoms with van der Waals surface area (Å²) in [4.78, 5) is 28.9. The molecule has 29 heavy (non-hydrogen) atoms. The van der Waals surface area contributed by atoms with Gasteiger partial charge in [-0.05, 0) is 41.5 Å². The summed E-state index contributed by atoms with van der Waals surface area (Å²) in [7, 11) is -1.46. The van der Waals surface area contributed by atoms with Gasteiger partial charge in [0.05, 0.1) is 24.5 Å². The average Bonchev–Trinajstić information content (AvgIpc) is 3.11. The summed E-state index contributed by atoms with van der Waals surface area (Å²) in [5.41, 5.74) is 0.615. The van der Waals surface area contributed by atoms with Gasteiger partial charge in [-0.3, -0.25) is 9.59 Å². The second kappa shape index (κ2) is 7.67. The number of carbonyl (C=O) groups excluding carboxylic acids is 2. The number of piperazine rings is 1. The van der Waals surface area contributed by atoms with E-state index >= 15 is 0 Å². The van der Waals surface area contributed by atoms with Crippen molar-refractivity contribution in [1.82, 2.24) is 9.80 Å². The lowest BCUT2D eigenvalue weighted by Crippen LogP contribution is -2.52. The Balaban J connectivity index is 1.40. The van der Waals surface area contributed by atoms with Crippen LogP contribution in [0.4, 0.5) is 0 Å². The van der Waals surface area contributed by atoms with Gasteiger partial charge in [-0.15, -0.1) is 0 Å². The maximum Gasteiger partial charge on any atom is 0.253 e. The molecule has 0 aliphatic carbocycles. The van der Waals surface area contributed by atoms with Gasteiger partial charge in [0.2, 0.25) is 5.91 Å². The first-order chi connectivity index (χ1) is 13.9. The third-order valence-electron chi connectivity index (χ3n) is 5.75. The van der Waals surface area contributed by atoms with Crippen LogP contribution in [0.1, 0.15) is 16.8 Å². The zero-order valence-electron chi connectivity index (χ0n) is 16.3. The van der Waals surface area contributed by atoms with E-state index < -0.39 is 15.8 Å². The van der Waals surface area contributed by atoms with E-state index in [0.29, 0.717) is 38.2 Å². The van der Waals surface area contributed by atoms with Crippen LogP contribution in [-0.4, -0.2) is 74.8 Å². The summed E-state index contributed by atoms with van der Waals surface area (Å²) >= 11 is 0. The minimum absolute atomic E-state index is 0.0488. The molecule has 0 spiro atoms. The highest BCUT2D eigenvalue weighted by Gasteiger charge is 2.36. The van der Waals surface area contributed by atoms with Crippen LogP contribution in [0.25, 0.3) is 10.8 Å². The zero-order valence-corrected chi connectivity index (χ0v) is 17.2. The van der Waals surface area contributed by atoms with Crippen LogP contribution in [0, 0.1) is 5.92 Å². The van der Waals surface area contributed by atoms with Gasteiger partial charge in [0.15, 0.2) is 9.84 Å². The number of benzene rings is 2. The minimum Gasteiger partial charge on any atom is -0.497 e. The molecule has 0 N–H and O–H groups in total. The molecule has 2 fully saturated rings. The van der Waals surface area contributed by atoms with Crippen molar-refractivity contribution in [2.24, 2.45) is 5.92 Å². The number of fused-ring (bicyclic) bond motifs is 1. The Labute approximate surface area is 170 Å². The predicted octanol–water partition coefficient (Wildman–Crippen LogP) is 1.57. The van der Waals surface area contributed by atoms with E-state index in [-0.39, 0.29) is 23.3 Å².